The minimum Gasteiger partial charge on any atom is -0.341 e. The SMILES string of the molecule is O=C(Cn1cc(C(=O)C(F)(F)F)nn1)N1CCC1. The van der Waals surface area contributed by atoms with Gasteiger partial charge in [0.1, 0.15) is 6.54 Å². The van der Waals surface area contributed by atoms with Crippen molar-refractivity contribution in [2.45, 2.75) is 19.1 Å². The van der Waals surface area contributed by atoms with Gasteiger partial charge in [-0.1, -0.05) is 5.21 Å². The summed E-state index contributed by atoms with van der Waals surface area (Å²) in [5, 5.41) is 6.44. The average Bonchev–Trinajstić information content (AvgIpc) is 2.60. The topological polar surface area (TPSA) is 68.1 Å². The molecule has 1 aromatic rings. The number of carbonyl (C=O) groups is 2. The van der Waals surface area contributed by atoms with Crippen molar-refractivity contribution in [2.24, 2.45) is 0 Å². The lowest BCUT2D eigenvalue weighted by Crippen LogP contribution is -2.43. The van der Waals surface area contributed by atoms with E-state index in [1.165, 1.54) is 0 Å². The summed E-state index contributed by atoms with van der Waals surface area (Å²) in [4.78, 5) is 23.9. The van der Waals surface area contributed by atoms with Gasteiger partial charge in [0.25, 0.3) is 5.78 Å². The van der Waals surface area contributed by atoms with Gasteiger partial charge in [-0.05, 0) is 6.42 Å². The molecule has 0 bridgehead atoms. The van der Waals surface area contributed by atoms with Gasteiger partial charge < -0.3 is 4.90 Å². The van der Waals surface area contributed by atoms with Crippen LogP contribution in [-0.2, 0) is 11.3 Å². The maximum absolute atomic E-state index is 12.1. The molecular weight excluding hydrogens is 253 g/mol. The highest BCUT2D eigenvalue weighted by atomic mass is 19.4. The van der Waals surface area contributed by atoms with E-state index in [-0.39, 0.29) is 12.5 Å². The van der Waals surface area contributed by atoms with Crippen LogP contribution in [0.4, 0.5) is 13.2 Å². The molecule has 1 aromatic heterocycles. The Morgan fingerprint density at radius 2 is 2.00 bits per heavy atom. The Bertz CT molecular complexity index is 478. The van der Waals surface area contributed by atoms with E-state index in [9.17, 15) is 22.8 Å². The van der Waals surface area contributed by atoms with E-state index in [0.29, 0.717) is 13.1 Å². The molecule has 1 fully saturated rings. The van der Waals surface area contributed by atoms with Crippen molar-refractivity contribution in [1.29, 1.82) is 0 Å². The van der Waals surface area contributed by atoms with Crippen LogP contribution in [0.5, 0.6) is 0 Å². The molecule has 18 heavy (non-hydrogen) atoms. The first-order chi connectivity index (χ1) is 8.38. The third kappa shape index (κ3) is 2.49. The molecule has 0 radical (unpaired) electrons. The Labute approximate surface area is 99.4 Å². The normalized spacial score (nSPS) is 15.4. The van der Waals surface area contributed by atoms with E-state index in [1.54, 1.807) is 4.90 Å². The van der Waals surface area contributed by atoms with Gasteiger partial charge in [0.2, 0.25) is 5.91 Å². The number of ketones is 1. The van der Waals surface area contributed by atoms with Crippen LogP contribution in [0.15, 0.2) is 6.20 Å². The second-order valence-corrected chi connectivity index (χ2v) is 3.86. The highest BCUT2D eigenvalue weighted by molar-refractivity contribution is 5.98. The maximum atomic E-state index is 12.1. The van der Waals surface area contributed by atoms with Crippen molar-refractivity contribution in [1.82, 2.24) is 19.9 Å². The van der Waals surface area contributed by atoms with Gasteiger partial charge in [-0.25, -0.2) is 4.68 Å². The van der Waals surface area contributed by atoms with Gasteiger partial charge >= 0.3 is 6.18 Å². The van der Waals surface area contributed by atoms with E-state index >= 15 is 0 Å². The average molecular weight is 262 g/mol. The molecule has 98 valence electrons. The zero-order valence-corrected chi connectivity index (χ0v) is 9.15. The largest absolute Gasteiger partial charge is 0.456 e. The highest BCUT2D eigenvalue weighted by Crippen LogP contribution is 2.19. The van der Waals surface area contributed by atoms with Gasteiger partial charge in [0.15, 0.2) is 5.69 Å². The standard InChI is InChI=1S/C9H9F3N4O2/c10-9(11,12)8(18)6-4-16(14-13-6)5-7(17)15-2-1-3-15/h4H,1-3,5H2. The third-order valence-electron chi connectivity index (χ3n) is 2.53. The second kappa shape index (κ2) is 4.39. The van der Waals surface area contributed by atoms with Crippen LogP contribution in [-0.4, -0.2) is 50.9 Å². The van der Waals surface area contributed by atoms with E-state index in [2.05, 4.69) is 10.3 Å². The summed E-state index contributed by atoms with van der Waals surface area (Å²) in [6.45, 7) is 1.07. The molecule has 1 amide bonds. The van der Waals surface area contributed by atoms with Crippen LogP contribution in [0.2, 0.25) is 0 Å². The summed E-state index contributed by atoms with van der Waals surface area (Å²) < 4.78 is 37.2. The first-order valence-electron chi connectivity index (χ1n) is 5.17. The minimum atomic E-state index is -4.98. The molecule has 0 aromatic carbocycles. The van der Waals surface area contributed by atoms with Crippen LogP contribution in [0.25, 0.3) is 0 Å². The summed E-state index contributed by atoms with van der Waals surface area (Å²) in [5.41, 5.74) is -0.807. The molecule has 2 rings (SSSR count). The number of alkyl halides is 3. The number of amides is 1. The van der Waals surface area contributed by atoms with Gasteiger partial charge in [-0.3, -0.25) is 9.59 Å². The van der Waals surface area contributed by atoms with Crippen LogP contribution in [0.3, 0.4) is 0 Å². The molecule has 0 aliphatic carbocycles. The molecule has 9 heteroatoms. The number of carbonyl (C=O) groups excluding carboxylic acids is 2. The quantitative estimate of drug-likeness (QED) is 0.732. The number of likely N-dealkylation sites (tertiary alicyclic amines) is 1. The smallest absolute Gasteiger partial charge is 0.341 e. The van der Waals surface area contributed by atoms with Gasteiger partial charge in [-0.2, -0.15) is 13.2 Å². The van der Waals surface area contributed by atoms with Crippen LogP contribution >= 0.6 is 0 Å². The molecule has 2 heterocycles. The number of hydrogen-bond acceptors (Lipinski definition) is 4. The van der Waals surface area contributed by atoms with Gasteiger partial charge in [0.05, 0.1) is 6.20 Å². The first kappa shape index (κ1) is 12.5. The predicted octanol–water partition coefficient (Wildman–Crippen LogP) is 0.255. The number of hydrogen-bond donors (Lipinski definition) is 0. The molecular formula is C9H9F3N4O2. The summed E-state index contributed by atoms with van der Waals surface area (Å²) in [7, 11) is 0. The molecule has 0 atom stereocenters. The third-order valence-corrected chi connectivity index (χ3v) is 2.53. The number of nitrogens with zero attached hydrogens (tertiary/aromatic N) is 4. The summed E-state index contributed by atoms with van der Waals surface area (Å²) in [6.07, 6.45) is -3.24. The predicted molar refractivity (Wildman–Crippen MR) is 51.6 cm³/mol. The Kier molecular flexibility index (Phi) is 3.05. The number of halogens is 3. The fraction of sp³-hybridized carbons (Fsp3) is 0.556. The zero-order chi connectivity index (χ0) is 13.3. The van der Waals surface area contributed by atoms with Crippen LogP contribution < -0.4 is 0 Å². The lowest BCUT2D eigenvalue weighted by molar-refractivity contribution is -0.135. The number of aromatic nitrogens is 3. The molecule has 0 saturated carbocycles. The Morgan fingerprint density at radius 3 is 2.50 bits per heavy atom. The lowest BCUT2D eigenvalue weighted by atomic mass is 10.2. The van der Waals surface area contributed by atoms with Crippen molar-refractivity contribution in [3.05, 3.63) is 11.9 Å². The summed E-state index contributed by atoms with van der Waals surface area (Å²) in [6, 6.07) is 0. The Morgan fingerprint density at radius 1 is 1.33 bits per heavy atom. The number of rotatable bonds is 3. The van der Waals surface area contributed by atoms with Crippen LogP contribution in [0, 0.1) is 0 Å². The molecule has 1 aliphatic heterocycles. The van der Waals surface area contributed by atoms with Gasteiger partial charge in [0, 0.05) is 13.1 Å². The molecule has 1 saturated heterocycles. The van der Waals surface area contributed by atoms with Crippen molar-refractivity contribution in [2.75, 3.05) is 13.1 Å². The molecule has 0 N–H and O–H groups in total. The minimum absolute atomic E-state index is 0.210. The van der Waals surface area contributed by atoms with Crippen molar-refractivity contribution in [3.8, 4) is 0 Å². The van der Waals surface area contributed by atoms with Crippen molar-refractivity contribution < 1.29 is 22.8 Å². The van der Waals surface area contributed by atoms with E-state index in [0.717, 1.165) is 17.3 Å². The maximum Gasteiger partial charge on any atom is 0.456 e. The highest BCUT2D eigenvalue weighted by Gasteiger charge is 2.41. The lowest BCUT2D eigenvalue weighted by Gasteiger charge is -2.30. The molecule has 6 nitrogen and oxygen atoms in total. The van der Waals surface area contributed by atoms with E-state index in [4.69, 9.17) is 0 Å². The van der Waals surface area contributed by atoms with Crippen molar-refractivity contribution in [3.63, 3.8) is 0 Å². The summed E-state index contributed by atoms with van der Waals surface area (Å²) in [5.74, 6) is -2.32. The number of Topliss-reactive ketones (excluding diaryl/α,β-unsaturated/α-hetero) is 1. The summed E-state index contributed by atoms with van der Waals surface area (Å²) >= 11 is 0. The van der Waals surface area contributed by atoms with Crippen LogP contribution in [0.1, 0.15) is 16.9 Å². The van der Waals surface area contributed by atoms with Gasteiger partial charge in [-0.15, -0.1) is 5.10 Å². The molecule has 0 spiro atoms. The zero-order valence-electron chi connectivity index (χ0n) is 9.15. The molecule has 1 aliphatic rings. The fourth-order valence-corrected chi connectivity index (χ4v) is 1.43. The Balaban J connectivity index is 2.02. The fourth-order valence-electron chi connectivity index (χ4n) is 1.43. The monoisotopic (exact) mass is 262 g/mol. The van der Waals surface area contributed by atoms with E-state index in [1.807, 2.05) is 0 Å². The van der Waals surface area contributed by atoms with E-state index < -0.39 is 17.7 Å². The first-order valence-corrected chi connectivity index (χ1v) is 5.17. The van der Waals surface area contributed by atoms with Crippen molar-refractivity contribution >= 4 is 11.7 Å². The molecule has 0 unspecified atom stereocenters. The second-order valence-electron chi connectivity index (χ2n) is 3.86. The Hall–Kier alpha value is -1.93.